The Morgan fingerprint density at radius 2 is 1.96 bits per heavy atom. The second kappa shape index (κ2) is 12.1. The zero-order chi connectivity index (χ0) is 18.6. The summed E-state index contributed by atoms with van der Waals surface area (Å²) < 4.78 is 16.3. The molecule has 0 spiro atoms. The van der Waals surface area contributed by atoms with Crippen LogP contribution >= 0.6 is 0 Å². The molecule has 7 nitrogen and oxygen atoms in total. The van der Waals surface area contributed by atoms with Crippen LogP contribution in [0.2, 0.25) is 0 Å². The highest BCUT2D eigenvalue weighted by molar-refractivity contribution is 5.80. The predicted octanol–water partition coefficient (Wildman–Crippen LogP) is 1.67. The fourth-order valence-electron chi connectivity index (χ4n) is 3.46. The Balaban J connectivity index is 1.56. The van der Waals surface area contributed by atoms with Gasteiger partial charge in [0, 0.05) is 53.1 Å². The number of nitrogens with zero attached hydrogens (tertiary/aromatic N) is 2. The number of esters is 1. The number of nitrogens with one attached hydrogen (secondary N) is 1. The summed E-state index contributed by atoms with van der Waals surface area (Å²) in [5.74, 6) is 1.54. The molecule has 0 aliphatic carbocycles. The minimum atomic E-state index is -0.0585. The summed E-state index contributed by atoms with van der Waals surface area (Å²) in [6.45, 7) is 8.19. The van der Waals surface area contributed by atoms with E-state index >= 15 is 0 Å². The molecule has 2 aliphatic heterocycles. The van der Waals surface area contributed by atoms with E-state index in [1.165, 1.54) is 0 Å². The van der Waals surface area contributed by atoms with E-state index in [4.69, 9.17) is 14.2 Å². The van der Waals surface area contributed by atoms with Gasteiger partial charge in [-0.2, -0.15) is 0 Å². The first-order valence-electron chi connectivity index (χ1n) is 10.0. The largest absolute Gasteiger partial charge is 0.466 e. The second-order valence-electron chi connectivity index (χ2n) is 6.97. The van der Waals surface area contributed by atoms with E-state index in [-0.39, 0.29) is 11.9 Å². The number of aliphatic imine (C=N–C) groups is 1. The van der Waals surface area contributed by atoms with Crippen LogP contribution in [0.25, 0.3) is 0 Å². The molecule has 2 heterocycles. The fraction of sp³-hybridized carbons (Fsp3) is 0.895. The first kappa shape index (κ1) is 21.0. The molecule has 2 fully saturated rings. The Morgan fingerprint density at radius 3 is 2.62 bits per heavy atom. The highest BCUT2D eigenvalue weighted by Gasteiger charge is 2.27. The lowest BCUT2D eigenvalue weighted by Crippen LogP contribution is -2.47. The van der Waals surface area contributed by atoms with Gasteiger partial charge in [-0.05, 0) is 44.9 Å². The molecule has 0 saturated carbocycles. The molecule has 150 valence electrons. The highest BCUT2D eigenvalue weighted by Crippen LogP contribution is 2.18. The van der Waals surface area contributed by atoms with Gasteiger partial charge in [0.25, 0.3) is 0 Å². The van der Waals surface area contributed by atoms with Crippen molar-refractivity contribution in [3.05, 3.63) is 0 Å². The molecule has 0 bridgehead atoms. The fourth-order valence-corrected chi connectivity index (χ4v) is 3.46. The maximum atomic E-state index is 11.8. The lowest BCUT2D eigenvalue weighted by Gasteiger charge is -2.33. The van der Waals surface area contributed by atoms with Crippen molar-refractivity contribution in [2.45, 2.75) is 39.0 Å². The zero-order valence-electron chi connectivity index (χ0n) is 16.4. The van der Waals surface area contributed by atoms with Crippen molar-refractivity contribution in [2.75, 3.05) is 59.7 Å². The molecule has 0 aromatic rings. The first-order valence-corrected chi connectivity index (χ1v) is 10.0. The van der Waals surface area contributed by atoms with Crippen LogP contribution in [0.5, 0.6) is 0 Å². The molecule has 26 heavy (non-hydrogen) atoms. The molecular formula is C19H35N3O4. The van der Waals surface area contributed by atoms with Gasteiger partial charge in [0.2, 0.25) is 0 Å². The van der Waals surface area contributed by atoms with E-state index in [0.717, 1.165) is 84.1 Å². The molecule has 0 amide bonds. The van der Waals surface area contributed by atoms with Crippen molar-refractivity contribution in [2.24, 2.45) is 16.8 Å². The monoisotopic (exact) mass is 369 g/mol. The zero-order valence-corrected chi connectivity index (χ0v) is 16.4. The number of guanidine groups is 1. The Labute approximate surface area is 157 Å². The Hall–Kier alpha value is -1.34. The van der Waals surface area contributed by atoms with Crippen LogP contribution in [0, 0.1) is 11.8 Å². The van der Waals surface area contributed by atoms with Gasteiger partial charge in [-0.25, -0.2) is 0 Å². The van der Waals surface area contributed by atoms with Gasteiger partial charge in [-0.3, -0.25) is 9.79 Å². The molecular weight excluding hydrogens is 334 g/mol. The second-order valence-corrected chi connectivity index (χ2v) is 6.97. The normalized spacial score (nSPS) is 20.2. The Kier molecular flexibility index (Phi) is 9.77. The third-order valence-electron chi connectivity index (χ3n) is 5.07. The van der Waals surface area contributed by atoms with Crippen molar-refractivity contribution < 1.29 is 19.0 Å². The average molecular weight is 370 g/mol. The number of hydrogen-bond acceptors (Lipinski definition) is 5. The van der Waals surface area contributed by atoms with Gasteiger partial charge >= 0.3 is 5.97 Å². The summed E-state index contributed by atoms with van der Waals surface area (Å²) in [7, 11) is 1.81. The summed E-state index contributed by atoms with van der Waals surface area (Å²) in [4.78, 5) is 18.4. The van der Waals surface area contributed by atoms with Crippen molar-refractivity contribution in [3.63, 3.8) is 0 Å². The van der Waals surface area contributed by atoms with Crippen molar-refractivity contribution in [1.82, 2.24) is 10.2 Å². The van der Waals surface area contributed by atoms with E-state index < -0.39 is 0 Å². The number of likely N-dealkylation sites (tertiary alicyclic amines) is 1. The number of hydrogen-bond donors (Lipinski definition) is 1. The highest BCUT2D eigenvalue weighted by atomic mass is 16.5. The van der Waals surface area contributed by atoms with E-state index in [1.807, 2.05) is 6.92 Å². The third kappa shape index (κ3) is 7.11. The van der Waals surface area contributed by atoms with E-state index in [9.17, 15) is 4.79 Å². The molecule has 0 unspecified atom stereocenters. The molecule has 2 saturated heterocycles. The van der Waals surface area contributed by atoms with Gasteiger partial charge in [0.05, 0.1) is 12.5 Å². The number of carbonyl (C=O) groups is 1. The van der Waals surface area contributed by atoms with Crippen LogP contribution in [-0.4, -0.2) is 76.5 Å². The number of rotatable bonds is 8. The molecule has 0 atom stereocenters. The number of ether oxygens (including phenoxy) is 3. The molecule has 7 heteroatoms. The Morgan fingerprint density at radius 1 is 1.23 bits per heavy atom. The van der Waals surface area contributed by atoms with Crippen LogP contribution in [0.3, 0.4) is 0 Å². The van der Waals surface area contributed by atoms with Crippen molar-refractivity contribution in [3.8, 4) is 0 Å². The molecule has 2 rings (SSSR count). The van der Waals surface area contributed by atoms with Crippen molar-refractivity contribution in [1.29, 1.82) is 0 Å². The summed E-state index contributed by atoms with van der Waals surface area (Å²) in [6, 6.07) is 0. The number of carbonyl (C=O) groups excluding carboxylic acids is 1. The minimum absolute atomic E-state index is 0.0305. The van der Waals surface area contributed by atoms with Crippen LogP contribution in [0.1, 0.15) is 39.0 Å². The van der Waals surface area contributed by atoms with Crippen LogP contribution in [-0.2, 0) is 19.0 Å². The molecule has 0 aromatic heterocycles. The van der Waals surface area contributed by atoms with Gasteiger partial charge in [0.1, 0.15) is 0 Å². The van der Waals surface area contributed by atoms with E-state index in [1.54, 1.807) is 7.05 Å². The molecule has 2 aliphatic rings. The lowest BCUT2D eigenvalue weighted by atomic mass is 9.97. The summed E-state index contributed by atoms with van der Waals surface area (Å²) in [5.41, 5.74) is 0. The van der Waals surface area contributed by atoms with Crippen LogP contribution < -0.4 is 5.32 Å². The molecule has 1 N–H and O–H groups in total. The quantitative estimate of drug-likeness (QED) is 0.304. The maximum absolute atomic E-state index is 11.8. The standard InChI is InChI=1S/C19H35N3O4/c1-3-26-18(23)17-5-10-22(11-6-17)19(20-2)21-9-4-12-25-15-16-7-13-24-14-8-16/h16-17H,3-15H2,1-2H3,(H,20,21). The SMILES string of the molecule is CCOC(=O)C1CCN(C(=NC)NCCCOCC2CCOCC2)CC1. The topological polar surface area (TPSA) is 72.4 Å². The first-order chi connectivity index (χ1) is 12.7. The summed E-state index contributed by atoms with van der Waals surface area (Å²) in [5, 5.41) is 3.41. The average Bonchev–Trinajstić information content (AvgIpc) is 2.69. The van der Waals surface area contributed by atoms with Gasteiger partial charge in [0.15, 0.2) is 5.96 Å². The van der Waals surface area contributed by atoms with Crippen LogP contribution in [0.15, 0.2) is 4.99 Å². The Bertz CT molecular complexity index is 431. The molecule has 0 aromatic carbocycles. The molecule has 0 radical (unpaired) electrons. The van der Waals surface area contributed by atoms with Gasteiger partial charge < -0.3 is 24.4 Å². The van der Waals surface area contributed by atoms with Gasteiger partial charge in [-0.15, -0.1) is 0 Å². The minimum Gasteiger partial charge on any atom is -0.466 e. The smallest absolute Gasteiger partial charge is 0.309 e. The summed E-state index contributed by atoms with van der Waals surface area (Å²) >= 11 is 0. The van der Waals surface area contributed by atoms with Gasteiger partial charge in [-0.1, -0.05) is 0 Å². The third-order valence-corrected chi connectivity index (χ3v) is 5.07. The van der Waals surface area contributed by atoms with E-state index in [0.29, 0.717) is 12.5 Å². The predicted molar refractivity (Wildman–Crippen MR) is 101 cm³/mol. The van der Waals surface area contributed by atoms with Crippen LogP contribution in [0.4, 0.5) is 0 Å². The number of piperidine rings is 1. The van der Waals surface area contributed by atoms with E-state index in [2.05, 4.69) is 15.2 Å². The van der Waals surface area contributed by atoms with Crippen molar-refractivity contribution >= 4 is 11.9 Å². The lowest BCUT2D eigenvalue weighted by molar-refractivity contribution is -0.149. The maximum Gasteiger partial charge on any atom is 0.309 e. The summed E-state index contributed by atoms with van der Waals surface area (Å²) in [6.07, 6.45) is 4.85.